The zero-order valence-electron chi connectivity index (χ0n) is 16.8. The summed E-state index contributed by atoms with van der Waals surface area (Å²) >= 11 is 12.1. The van der Waals surface area contributed by atoms with E-state index in [1.54, 1.807) is 44.5 Å². The van der Waals surface area contributed by atoms with Crippen molar-refractivity contribution in [2.75, 3.05) is 14.2 Å². The van der Waals surface area contributed by atoms with Crippen LogP contribution < -0.4 is 5.32 Å². The number of ether oxygens (including phenoxy) is 1. The second-order valence-electron chi connectivity index (χ2n) is 6.40. The molecule has 0 aromatic heterocycles. The second kappa shape index (κ2) is 11.1. The molecule has 2 aromatic rings. The summed E-state index contributed by atoms with van der Waals surface area (Å²) in [6, 6.07) is 12.9. The molecule has 0 aliphatic rings. The van der Waals surface area contributed by atoms with E-state index in [1.165, 1.54) is 6.21 Å². The molecule has 2 rings (SSSR count). The zero-order valence-corrected chi connectivity index (χ0v) is 24.0. The van der Waals surface area contributed by atoms with Crippen LogP contribution >= 0.6 is 23.2 Å². The first-order valence-corrected chi connectivity index (χ1v) is 12.6. The number of likely N-dealkylation sites (N-methyl/N-ethyl adjacent to an activating group) is 1. The van der Waals surface area contributed by atoms with Gasteiger partial charge in [-0.15, -0.1) is 0 Å². The maximum atomic E-state index is 12.4. The predicted molar refractivity (Wildman–Crippen MR) is 121 cm³/mol. The number of amides is 1. The Kier molecular flexibility index (Phi) is 9.08. The number of halogens is 2. The quantitative estimate of drug-likeness (QED) is 0.410. The Morgan fingerprint density at radius 2 is 1.86 bits per heavy atom. The van der Waals surface area contributed by atoms with Crippen LogP contribution in [0, 0.1) is 0 Å². The fourth-order valence-electron chi connectivity index (χ4n) is 2.88. The van der Waals surface area contributed by atoms with Gasteiger partial charge >= 0.3 is 190 Å². The summed E-state index contributed by atoms with van der Waals surface area (Å²) in [6.45, 7) is 1.88. The molecule has 5 nitrogen and oxygen atoms in total. The van der Waals surface area contributed by atoms with E-state index in [0.717, 1.165) is 16.7 Å². The third kappa shape index (κ3) is 5.79. The van der Waals surface area contributed by atoms with Crippen LogP contribution in [0.15, 0.2) is 53.7 Å². The van der Waals surface area contributed by atoms with Crippen molar-refractivity contribution in [3.05, 3.63) is 75.3 Å². The first-order chi connectivity index (χ1) is 13.8. The van der Waals surface area contributed by atoms with E-state index in [4.69, 9.17) is 32.8 Å². The van der Waals surface area contributed by atoms with E-state index in [1.807, 2.05) is 31.2 Å². The topological polar surface area (TPSA) is 59.9 Å². The average molecular weight is 537 g/mol. The summed E-state index contributed by atoms with van der Waals surface area (Å²) < 4.78 is 4.70. The molecule has 8 heteroatoms. The fraction of sp³-hybridized carbons (Fsp3) is 0.238. The predicted octanol–water partition coefficient (Wildman–Crippen LogP) is 3.95. The van der Waals surface area contributed by atoms with Crippen molar-refractivity contribution in [1.82, 2.24) is 5.32 Å². The average Bonchev–Trinajstić information content (AvgIpc) is 2.73. The number of carbonyl (C=O) groups is 1. The molecule has 29 heavy (non-hydrogen) atoms. The molecule has 2 atom stereocenters. The van der Waals surface area contributed by atoms with Crippen molar-refractivity contribution < 1.29 is 14.4 Å². The number of benzene rings is 2. The number of allylic oxidation sites excluding steroid dienone is 1. The van der Waals surface area contributed by atoms with E-state index in [-0.39, 0.29) is 36.4 Å². The molecule has 0 spiro atoms. The number of methoxy groups -OCH3 is 1. The minimum atomic E-state index is -0.935. The number of carbonyl (C=O) groups excluding carboxylic acids is 1. The second-order valence-corrected chi connectivity index (χ2v) is 11.2. The molecule has 1 N–H and O–H groups in total. The Balaban J connectivity index is 2.16. The Labute approximate surface area is 195 Å². The summed E-state index contributed by atoms with van der Waals surface area (Å²) in [5, 5.41) is 7.83. The summed E-state index contributed by atoms with van der Waals surface area (Å²) in [4.78, 5) is 18.1. The molecule has 2 unspecified atom stereocenters. The number of nitrogens with one attached hydrogen (secondary N) is 1. The SMILES string of the molecule is CNC(=O)[C]([InH2])(OC)c1ccccc1C(C)ON=CC=Cc1c(Cl)cccc1Cl. The van der Waals surface area contributed by atoms with Gasteiger partial charge in [-0.25, -0.2) is 0 Å². The molecule has 0 saturated heterocycles. The third-order valence-corrected chi connectivity index (χ3v) is 9.27. The number of rotatable bonds is 8. The number of oxime groups is 1. The Morgan fingerprint density at radius 3 is 2.48 bits per heavy atom. The van der Waals surface area contributed by atoms with Crippen LogP contribution in [0.25, 0.3) is 6.08 Å². The van der Waals surface area contributed by atoms with Gasteiger partial charge in [0.1, 0.15) is 0 Å². The van der Waals surface area contributed by atoms with Crippen molar-refractivity contribution in [2.45, 2.75) is 16.4 Å². The first-order valence-electron chi connectivity index (χ1n) is 9.01. The summed E-state index contributed by atoms with van der Waals surface area (Å²) in [5.41, 5.74) is 2.38. The van der Waals surface area contributed by atoms with Gasteiger partial charge in [-0.05, 0) is 0 Å². The van der Waals surface area contributed by atoms with E-state index < -0.39 is 3.36 Å². The molecule has 0 bridgehead atoms. The summed E-state index contributed by atoms with van der Waals surface area (Å²) in [7, 11) is 3.16. The molecule has 1 amide bonds. The molecule has 0 saturated carbocycles. The third-order valence-electron chi connectivity index (χ3n) is 4.61. The van der Waals surface area contributed by atoms with Crippen LogP contribution in [-0.2, 0) is 17.7 Å². The monoisotopic (exact) mass is 536 g/mol. The van der Waals surface area contributed by atoms with Crippen LogP contribution in [0.1, 0.15) is 29.7 Å². The van der Waals surface area contributed by atoms with Crippen molar-refractivity contribution in [1.29, 1.82) is 0 Å². The first kappa shape index (κ1) is 23.8. The van der Waals surface area contributed by atoms with E-state index in [9.17, 15) is 4.79 Å². The molecule has 0 aliphatic heterocycles. The Hall–Kier alpha value is -1.47. The van der Waals surface area contributed by atoms with Gasteiger partial charge in [0.2, 0.25) is 0 Å². The molecule has 0 heterocycles. The van der Waals surface area contributed by atoms with Gasteiger partial charge in [-0.3, -0.25) is 0 Å². The van der Waals surface area contributed by atoms with Gasteiger partial charge in [-0.2, -0.15) is 0 Å². The Bertz CT molecular complexity index is 900. The van der Waals surface area contributed by atoms with Gasteiger partial charge < -0.3 is 0 Å². The van der Waals surface area contributed by atoms with Crippen LogP contribution in [0.3, 0.4) is 0 Å². The van der Waals surface area contributed by atoms with Gasteiger partial charge in [0.25, 0.3) is 0 Å². The summed E-state index contributed by atoms with van der Waals surface area (Å²) in [6.07, 6.45) is 4.61. The molecular formula is C21H23Cl2InN2O3. The standard InChI is InChI=1S/C21H21Cl2N2O3.In.2H/c1-14(15-8-4-5-9-16(15)20(27-3)21(26)24-2)28-25-13-7-10-17-18(22)11-6-12-19(17)23;;;/h4-14H,1-3H3,(H,24,26);;;. The van der Waals surface area contributed by atoms with E-state index >= 15 is 0 Å². The van der Waals surface area contributed by atoms with Crippen molar-refractivity contribution >= 4 is 65.8 Å². The summed E-state index contributed by atoms with van der Waals surface area (Å²) in [5.74, 6) is -0.154. The minimum absolute atomic E-state index is 0.154. The van der Waals surface area contributed by atoms with Crippen LogP contribution in [0.4, 0.5) is 0 Å². The van der Waals surface area contributed by atoms with Gasteiger partial charge in [0, 0.05) is 0 Å². The van der Waals surface area contributed by atoms with Crippen molar-refractivity contribution in [3.63, 3.8) is 0 Å². The number of hydrogen-bond acceptors (Lipinski definition) is 4. The zero-order chi connectivity index (χ0) is 21.4. The van der Waals surface area contributed by atoms with Crippen LogP contribution in [0.5, 0.6) is 0 Å². The van der Waals surface area contributed by atoms with Crippen LogP contribution in [-0.4, -0.2) is 50.7 Å². The van der Waals surface area contributed by atoms with Gasteiger partial charge in [0.15, 0.2) is 0 Å². The molecule has 0 radical (unpaired) electrons. The molecule has 2 aromatic carbocycles. The molecule has 152 valence electrons. The molecular weight excluding hydrogens is 514 g/mol. The normalized spacial score (nSPS) is 14.7. The van der Waals surface area contributed by atoms with Gasteiger partial charge in [-0.1, -0.05) is 6.07 Å². The maximum absolute atomic E-state index is 12.4. The van der Waals surface area contributed by atoms with Gasteiger partial charge in [0.05, 0.1) is 0 Å². The molecule has 0 aliphatic carbocycles. The number of hydrogen-bond donors (Lipinski definition) is 1. The fourth-order valence-corrected chi connectivity index (χ4v) is 5.41. The van der Waals surface area contributed by atoms with Crippen LogP contribution in [0.2, 0.25) is 10.0 Å². The molecule has 0 fully saturated rings. The Morgan fingerprint density at radius 1 is 1.21 bits per heavy atom. The van der Waals surface area contributed by atoms with Crippen molar-refractivity contribution in [3.8, 4) is 0 Å². The van der Waals surface area contributed by atoms with E-state index in [0.29, 0.717) is 10.0 Å². The van der Waals surface area contributed by atoms with E-state index in [2.05, 4.69) is 10.5 Å². The van der Waals surface area contributed by atoms with Crippen molar-refractivity contribution in [2.24, 2.45) is 5.16 Å². The number of nitrogens with zero attached hydrogens (tertiary/aromatic N) is 1.